The predicted octanol–water partition coefficient (Wildman–Crippen LogP) is 2.16. The molecule has 1 unspecified atom stereocenters. The summed E-state index contributed by atoms with van der Waals surface area (Å²) < 4.78 is 5.46. The maximum Gasteiger partial charge on any atom is 0.122 e. The van der Waals surface area contributed by atoms with Crippen molar-refractivity contribution >= 4 is 0 Å². The largest absolute Gasteiger partial charge is 0.468 e. The average molecular weight is 208 g/mol. The Balaban J connectivity index is 2.04. The highest BCUT2D eigenvalue weighted by atomic mass is 16.3. The van der Waals surface area contributed by atoms with Crippen LogP contribution >= 0.6 is 0 Å². The molecule has 1 atom stereocenters. The van der Waals surface area contributed by atoms with Crippen LogP contribution in [0.5, 0.6) is 0 Å². The lowest BCUT2D eigenvalue weighted by molar-refractivity contribution is 0.186. The van der Waals surface area contributed by atoms with Crippen LogP contribution < -0.4 is 5.73 Å². The van der Waals surface area contributed by atoms with Crippen LogP contribution in [0.1, 0.15) is 37.5 Å². The van der Waals surface area contributed by atoms with Gasteiger partial charge in [-0.1, -0.05) is 12.8 Å². The summed E-state index contributed by atoms with van der Waals surface area (Å²) >= 11 is 0. The standard InChI is InChI=1S/C12H20N2O/c13-10-11(12-6-5-9-15-12)14-7-3-1-2-4-8-14/h5-6,9,11H,1-4,7-8,10,13H2. The predicted molar refractivity (Wildman–Crippen MR) is 60.5 cm³/mol. The summed E-state index contributed by atoms with van der Waals surface area (Å²) in [6, 6.07) is 4.25. The molecular weight excluding hydrogens is 188 g/mol. The minimum absolute atomic E-state index is 0.276. The molecule has 3 nitrogen and oxygen atoms in total. The number of hydrogen-bond acceptors (Lipinski definition) is 3. The minimum atomic E-state index is 0.276. The molecule has 1 aliphatic rings. The van der Waals surface area contributed by atoms with Crippen LogP contribution in [0.3, 0.4) is 0 Å². The van der Waals surface area contributed by atoms with Gasteiger partial charge in [-0.2, -0.15) is 0 Å². The summed E-state index contributed by atoms with van der Waals surface area (Å²) in [6.07, 6.45) is 7.02. The Labute approximate surface area is 91.2 Å². The van der Waals surface area contributed by atoms with E-state index in [2.05, 4.69) is 4.90 Å². The number of nitrogens with zero attached hydrogens (tertiary/aromatic N) is 1. The van der Waals surface area contributed by atoms with Crippen LogP contribution in [0.25, 0.3) is 0 Å². The highest BCUT2D eigenvalue weighted by Gasteiger charge is 2.21. The van der Waals surface area contributed by atoms with Gasteiger partial charge < -0.3 is 10.2 Å². The molecule has 0 amide bonds. The molecule has 1 saturated heterocycles. The molecule has 1 aromatic heterocycles. The van der Waals surface area contributed by atoms with Gasteiger partial charge >= 0.3 is 0 Å². The second-order valence-electron chi connectivity index (χ2n) is 4.22. The molecule has 2 N–H and O–H groups in total. The van der Waals surface area contributed by atoms with E-state index in [-0.39, 0.29) is 6.04 Å². The molecule has 0 aliphatic carbocycles. The van der Waals surface area contributed by atoms with Gasteiger partial charge in [0, 0.05) is 6.54 Å². The number of likely N-dealkylation sites (tertiary alicyclic amines) is 1. The van der Waals surface area contributed by atoms with Crippen molar-refractivity contribution < 1.29 is 4.42 Å². The van der Waals surface area contributed by atoms with Crippen LogP contribution in [0.2, 0.25) is 0 Å². The summed E-state index contributed by atoms with van der Waals surface area (Å²) in [6.45, 7) is 2.96. The highest BCUT2D eigenvalue weighted by molar-refractivity contribution is 5.05. The Hall–Kier alpha value is -0.800. The van der Waals surface area contributed by atoms with Crippen LogP contribution in [0.15, 0.2) is 22.8 Å². The summed E-state index contributed by atoms with van der Waals surface area (Å²) in [5.74, 6) is 1.01. The van der Waals surface area contributed by atoms with Gasteiger partial charge in [0.1, 0.15) is 5.76 Å². The normalized spacial score (nSPS) is 21.1. The molecule has 15 heavy (non-hydrogen) atoms. The molecule has 0 radical (unpaired) electrons. The van der Waals surface area contributed by atoms with Crippen LogP contribution in [0.4, 0.5) is 0 Å². The van der Waals surface area contributed by atoms with Crippen molar-refractivity contribution in [1.82, 2.24) is 4.90 Å². The topological polar surface area (TPSA) is 42.4 Å². The second kappa shape index (κ2) is 5.33. The first-order valence-corrected chi connectivity index (χ1v) is 5.89. The Morgan fingerprint density at radius 2 is 2.00 bits per heavy atom. The maximum absolute atomic E-state index is 5.84. The van der Waals surface area contributed by atoms with Crippen molar-refractivity contribution in [1.29, 1.82) is 0 Å². The van der Waals surface area contributed by atoms with E-state index in [0.29, 0.717) is 6.54 Å². The lowest BCUT2D eigenvalue weighted by atomic mass is 10.2. The van der Waals surface area contributed by atoms with Gasteiger partial charge in [-0.05, 0) is 38.1 Å². The van der Waals surface area contributed by atoms with Gasteiger partial charge in [0.25, 0.3) is 0 Å². The maximum atomic E-state index is 5.84. The summed E-state index contributed by atoms with van der Waals surface area (Å²) in [7, 11) is 0. The van der Waals surface area contributed by atoms with E-state index < -0.39 is 0 Å². The van der Waals surface area contributed by atoms with Crippen LogP contribution in [0, 0.1) is 0 Å². The summed E-state index contributed by atoms with van der Waals surface area (Å²) in [5.41, 5.74) is 5.84. The van der Waals surface area contributed by atoms with Crippen molar-refractivity contribution in [3.8, 4) is 0 Å². The first-order valence-electron chi connectivity index (χ1n) is 5.89. The fourth-order valence-corrected chi connectivity index (χ4v) is 2.33. The molecule has 2 rings (SSSR count). The summed E-state index contributed by atoms with van der Waals surface area (Å²) in [5, 5.41) is 0. The molecule has 0 spiro atoms. The van der Waals surface area contributed by atoms with E-state index in [4.69, 9.17) is 10.2 Å². The number of hydrogen-bond donors (Lipinski definition) is 1. The first-order chi connectivity index (χ1) is 7.42. The molecule has 3 heteroatoms. The summed E-state index contributed by atoms with van der Waals surface area (Å²) in [4.78, 5) is 2.46. The fourth-order valence-electron chi connectivity index (χ4n) is 2.33. The average Bonchev–Trinajstić information content (AvgIpc) is 2.63. The van der Waals surface area contributed by atoms with E-state index >= 15 is 0 Å². The zero-order chi connectivity index (χ0) is 10.5. The minimum Gasteiger partial charge on any atom is -0.468 e. The van der Waals surface area contributed by atoms with E-state index in [0.717, 1.165) is 18.8 Å². The molecule has 0 aromatic carbocycles. The quantitative estimate of drug-likeness (QED) is 0.827. The van der Waals surface area contributed by atoms with Gasteiger partial charge in [0.2, 0.25) is 0 Å². The van der Waals surface area contributed by atoms with Crippen molar-refractivity contribution in [3.63, 3.8) is 0 Å². The zero-order valence-electron chi connectivity index (χ0n) is 9.19. The molecule has 1 aliphatic heterocycles. The van der Waals surface area contributed by atoms with Gasteiger partial charge in [-0.15, -0.1) is 0 Å². The van der Waals surface area contributed by atoms with Gasteiger partial charge in [-0.3, -0.25) is 4.90 Å². The zero-order valence-corrected chi connectivity index (χ0v) is 9.19. The molecule has 2 heterocycles. The van der Waals surface area contributed by atoms with Crippen molar-refractivity contribution in [2.24, 2.45) is 5.73 Å². The van der Waals surface area contributed by atoms with E-state index in [1.807, 2.05) is 12.1 Å². The van der Waals surface area contributed by atoms with Crippen molar-refractivity contribution in [3.05, 3.63) is 24.2 Å². The Morgan fingerprint density at radius 3 is 2.53 bits per heavy atom. The second-order valence-corrected chi connectivity index (χ2v) is 4.22. The highest BCUT2D eigenvalue weighted by Crippen LogP contribution is 2.23. The first kappa shape index (κ1) is 10.7. The molecule has 84 valence electrons. The van der Waals surface area contributed by atoms with Gasteiger partial charge in [0.15, 0.2) is 0 Å². The third-order valence-corrected chi connectivity index (χ3v) is 3.18. The Bertz CT molecular complexity index is 263. The van der Waals surface area contributed by atoms with Crippen molar-refractivity contribution in [2.45, 2.75) is 31.7 Å². The number of rotatable bonds is 3. The third kappa shape index (κ3) is 2.61. The molecule has 0 bridgehead atoms. The van der Waals surface area contributed by atoms with Gasteiger partial charge in [0.05, 0.1) is 12.3 Å². The third-order valence-electron chi connectivity index (χ3n) is 3.18. The number of furan rings is 1. The van der Waals surface area contributed by atoms with E-state index in [1.165, 1.54) is 25.7 Å². The molecule has 1 fully saturated rings. The SMILES string of the molecule is NCC(c1ccco1)N1CCCCCC1. The number of nitrogens with two attached hydrogens (primary N) is 1. The lowest BCUT2D eigenvalue weighted by Crippen LogP contribution is -2.34. The van der Waals surface area contributed by atoms with Crippen LogP contribution in [-0.4, -0.2) is 24.5 Å². The molecule has 1 aromatic rings. The van der Waals surface area contributed by atoms with E-state index in [1.54, 1.807) is 6.26 Å². The Kier molecular flexibility index (Phi) is 3.80. The smallest absolute Gasteiger partial charge is 0.122 e. The van der Waals surface area contributed by atoms with Crippen molar-refractivity contribution in [2.75, 3.05) is 19.6 Å². The monoisotopic (exact) mass is 208 g/mol. The Morgan fingerprint density at radius 1 is 1.27 bits per heavy atom. The fraction of sp³-hybridized carbons (Fsp3) is 0.667. The van der Waals surface area contributed by atoms with E-state index in [9.17, 15) is 0 Å². The van der Waals surface area contributed by atoms with Gasteiger partial charge in [-0.25, -0.2) is 0 Å². The lowest BCUT2D eigenvalue weighted by Gasteiger charge is -2.27. The van der Waals surface area contributed by atoms with Crippen LogP contribution in [-0.2, 0) is 0 Å². The molecule has 0 saturated carbocycles. The molecular formula is C12H20N2O.